The molecule has 19 heavy (non-hydrogen) atoms. The zero-order valence-corrected chi connectivity index (χ0v) is 12.8. The third-order valence-corrected chi connectivity index (χ3v) is 4.68. The summed E-state index contributed by atoms with van der Waals surface area (Å²) < 4.78 is 11.8. The average molecular weight is 326 g/mol. The van der Waals surface area contributed by atoms with E-state index in [0.29, 0.717) is 12.1 Å². The molecule has 0 N–H and O–H groups in total. The van der Waals surface area contributed by atoms with E-state index in [1.165, 1.54) is 5.56 Å². The lowest BCUT2D eigenvalue weighted by Crippen LogP contribution is -2.51. The minimum Gasteiger partial charge on any atom is -0.488 e. The molecule has 1 aromatic rings. The molecule has 1 saturated heterocycles. The highest BCUT2D eigenvalue weighted by Crippen LogP contribution is 2.29. The minimum atomic E-state index is 0.286. The van der Waals surface area contributed by atoms with Crippen LogP contribution in [-0.2, 0) is 11.2 Å². The van der Waals surface area contributed by atoms with E-state index in [4.69, 9.17) is 9.47 Å². The number of benzene rings is 1. The number of nitrogens with zero attached hydrogens (tertiary/aromatic N) is 1. The fourth-order valence-electron chi connectivity index (χ4n) is 2.84. The Labute approximate surface area is 123 Å². The second kappa shape index (κ2) is 5.81. The van der Waals surface area contributed by atoms with Gasteiger partial charge in [-0.15, -0.1) is 0 Å². The first kappa shape index (κ1) is 13.4. The topological polar surface area (TPSA) is 21.7 Å². The van der Waals surface area contributed by atoms with Gasteiger partial charge in [0, 0.05) is 30.9 Å². The van der Waals surface area contributed by atoms with Gasteiger partial charge in [0.25, 0.3) is 0 Å². The predicted octanol–water partition coefficient (Wildman–Crippen LogP) is 2.47. The number of ether oxygens (including phenoxy) is 2. The highest BCUT2D eigenvalue weighted by molar-refractivity contribution is 9.09. The normalized spacial score (nSPS) is 30.9. The molecule has 3 atom stereocenters. The molecule has 0 saturated carbocycles. The van der Waals surface area contributed by atoms with Gasteiger partial charge in [0.05, 0.1) is 12.7 Å². The van der Waals surface area contributed by atoms with Gasteiger partial charge in [-0.25, -0.2) is 0 Å². The fraction of sp³-hybridized carbons (Fsp3) is 0.600. The van der Waals surface area contributed by atoms with Crippen LogP contribution in [0.4, 0.5) is 0 Å². The van der Waals surface area contributed by atoms with Gasteiger partial charge in [0.2, 0.25) is 0 Å². The number of fused-ring (bicyclic) bond motifs is 1. The van der Waals surface area contributed by atoms with Crippen LogP contribution in [0.1, 0.15) is 12.5 Å². The van der Waals surface area contributed by atoms with E-state index in [-0.39, 0.29) is 6.10 Å². The van der Waals surface area contributed by atoms with Gasteiger partial charge in [-0.2, -0.15) is 0 Å². The lowest BCUT2D eigenvalue weighted by molar-refractivity contribution is -0.0555. The molecule has 1 fully saturated rings. The van der Waals surface area contributed by atoms with Crippen LogP contribution in [0.5, 0.6) is 5.75 Å². The Morgan fingerprint density at radius 1 is 1.32 bits per heavy atom. The lowest BCUT2D eigenvalue weighted by Gasteiger charge is -2.38. The van der Waals surface area contributed by atoms with Crippen molar-refractivity contribution >= 4 is 15.9 Å². The van der Waals surface area contributed by atoms with Crippen LogP contribution in [0.3, 0.4) is 0 Å². The maximum absolute atomic E-state index is 6.03. The van der Waals surface area contributed by atoms with Crippen LogP contribution < -0.4 is 4.74 Å². The van der Waals surface area contributed by atoms with Crippen molar-refractivity contribution in [2.75, 3.05) is 25.0 Å². The van der Waals surface area contributed by atoms with E-state index in [1.807, 2.05) is 6.07 Å². The summed E-state index contributed by atoms with van der Waals surface area (Å²) in [5.41, 5.74) is 1.34. The van der Waals surface area contributed by atoms with E-state index < -0.39 is 0 Å². The first-order valence-electron chi connectivity index (χ1n) is 6.92. The third-order valence-electron chi connectivity index (χ3n) is 3.96. The Morgan fingerprint density at radius 2 is 2.16 bits per heavy atom. The van der Waals surface area contributed by atoms with Crippen molar-refractivity contribution in [2.45, 2.75) is 31.6 Å². The third kappa shape index (κ3) is 2.96. The Balaban J connectivity index is 1.60. The maximum atomic E-state index is 6.03. The van der Waals surface area contributed by atoms with Crippen molar-refractivity contribution < 1.29 is 9.47 Å². The zero-order chi connectivity index (χ0) is 13.2. The van der Waals surface area contributed by atoms with Crippen molar-refractivity contribution in [3.63, 3.8) is 0 Å². The first-order chi connectivity index (χ1) is 9.26. The van der Waals surface area contributed by atoms with Gasteiger partial charge < -0.3 is 9.47 Å². The molecule has 2 aliphatic rings. The Morgan fingerprint density at radius 3 is 2.95 bits per heavy atom. The van der Waals surface area contributed by atoms with Crippen LogP contribution in [0, 0.1) is 0 Å². The number of hydrogen-bond donors (Lipinski definition) is 0. The zero-order valence-electron chi connectivity index (χ0n) is 11.2. The molecule has 104 valence electrons. The summed E-state index contributed by atoms with van der Waals surface area (Å²) in [4.78, 5) is 2.49. The number of rotatable bonds is 3. The summed E-state index contributed by atoms with van der Waals surface area (Å²) >= 11 is 3.51. The largest absolute Gasteiger partial charge is 0.488 e. The summed E-state index contributed by atoms with van der Waals surface area (Å²) in [5, 5.41) is 0.905. The van der Waals surface area contributed by atoms with E-state index >= 15 is 0 Å². The maximum Gasteiger partial charge on any atom is 0.123 e. The molecule has 3 rings (SSSR count). The Bertz CT molecular complexity index is 415. The summed E-state index contributed by atoms with van der Waals surface area (Å²) in [6, 6.07) is 8.84. The number of para-hydroxylation sites is 1. The molecule has 0 bridgehead atoms. The monoisotopic (exact) mass is 325 g/mol. The Hall–Kier alpha value is -0.580. The quantitative estimate of drug-likeness (QED) is 0.797. The molecule has 0 radical (unpaired) electrons. The molecule has 3 nitrogen and oxygen atoms in total. The van der Waals surface area contributed by atoms with Crippen LogP contribution in [-0.4, -0.2) is 48.2 Å². The van der Waals surface area contributed by atoms with Gasteiger partial charge >= 0.3 is 0 Å². The second-order valence-corrected chi connectivity index (χ2v) is 6.11. The van der Waals surface area contributed by atoms with Crippen molar-refractivity contribution in [2.24, 2.45) is 0 Å². The lowest BCUT2D eigenvalue weighted by atomic mass is 10.1. The molecule has 1 aromatic carbocycles. The number of morpholine rings is 1. The van der Waals surface area contributed by atoms with Crippen LogP contribution in [0.25, 0.3) is 0 Å². The molecule has 0 aromatic heterocycles. The van der Waals surface area contributed by atoms with Crippen LogP contribution >= 0.6 is 15.9 Å². The van der Waals surface area contributed by atoms with E-state index in [2.05, 4.69) is 46.0 Å². The van der Waals surface area contributed by atoms with Gasteiger partial charge in [0.15, 0.2) is 0 Å². The van der Waals surface area contributed by atoms with E-state index in [1.54, 1.807) is 0 Å². The van der Waals surface area contributed by atoms with Gasteiger partial charge in [0.1, 0.15) is 11.9 Å². The molecule has 0 aliphatic carbocycles. The number of hydrogen-bond acceptors (Lipinski definition) is 3. The highest BCUT2D eigenvalue weighted by Gasteiger charge is 2.30. The molecular weight excluding hydrogens is 306 g/mol. The molecule has 2 heterocycles. The molecule has 4 heteroatoms. The van der Waals surface area contributed by atoms with Crippen molar-refractivity contribution in [1.29, 1.82) is 0 Å². The van der Waals surface area contributed by atoms with Crippen molar-refractivity contribution in [3.8, 4) is 5.75 Å². The smallest absolute Gasteiger partial charge is 0.123 e. The van der Waals surface area contributed by atoms with Crippen LogP contribution in [0.15, 0.2) is 24.3 Å². The number of alkyl halides is 1. The molecular formula is C15H20BrNO2. The van der Waals surface area contributed by atoms with Crippen molar-refractivity contribution in [3.05, 3.63) is 29.8 Å². The second-order valence-electron chi connectivity index (χ2n) is 5.46. The van der Waals surface area contributed by atoms with E-state index in [0.717, 1.165) is 37.2 Å². The van der Waals surface area contributed by atoms with Gasteiger partial charge in [-0.1, -0.05) is 34.1 Å². The molecule has 2 aliphatic heterocycles. The Kier molecular flexibility index (Phi) is 4.10. The molecule has 0 amide bonds. The fourth-order valence-corrected chi connectivity index (χ4v) is 3.23. The SMILES string of the molecule is CC1COC(CBr)CN1CC1Cc2ccccc2O1. The first-order valence-corrected chi connectivity index (χ1v) is 8.04. The van der Waals surface area contributed by atoms with Gasteiger partial charge in [-0.3, -0.25) is 4.90 Å². The van der Waals surface area contributed by atoms with Crippen molar-refractivity contribution in [1.82, 2.24) is 4.90 Å². The summed E-state index contributed by atoms with van der Waals surface area (Å²) in [6.07, 6.45) is 1.62. The van der Waals surface area contributed by atoms with Gasteiger partial charge in [-0.05, 0) is 18.6 Å². The summed E-state index contributed by atoms with van der Waals surface area (Å²) in [6.45, 7) is 5.02. The van der Waals surface area contributed by atoms with E-state index in [9.17, 15) is 0 Å². The highest BCUT2D eigenvalue weighted by atomic mass is 79.9. The minimum absolute atomic E-state index is 0.286. The number of halogens is 1. The molecule has 0 spiro atoms. The standard InChI is InChI=1S/C15H20BrNO2/c1-11-10-18-14(7-16)9-17(11)8-13-6-12-4-2-3-5-15(12)19-13/h2-5,11,13-14H,6-10H2,1H3. The summed E-state index contributed by atoms with van der Waals surface area (Å²) in [7, 11) is 0. The van der Waals surface area contributed by atoms with Crippen LogP contribution in [0.2, 0.25) is 0 Å². The molecule has 3 unspecified atom stereocenters. The summed E-state index contributed by atoms with van der Waals surface area (Å²) in [5.74, 6) is 1.06. The average Bonchev–Trinajstić information content (AvgIpc) is 2.83. The predicted molar refractivity (Wildman–Crippen MR) is 79.1 cm³/mol.